The summed E-state index contributed by atoms with van der Waals surface area (Å²) in [6.45, 7) is 5.25. The number of rotatable bonds is 6. The lowest BCUT2D eigenvalue weighted by Gasteiger charge is -2.24. The Balaban J connectivity index is 1.44. The molecule has 1 aliphatic heterocycles. The Kier molecular flexibility index (Phi) is 6.17. The number of thiophene rings is 1. The number of ether oxygens (including phenoxy) is 1. The highest BCUT2D eigenvalue weighted by molar-refractivity contribution is 7.12. The summed E-state index contributed by atoms with van der Waals surface area (Å²) < 4.78 is 5.46. The quantitative estimate of drug-likeness (QED) is 0.676. The van der Waals surface area contributed by atoms with E-state index < -0.39 is 0 Å². The lowest BCUT2D eigenvalue weighted by molar-refractivity contribution is -0.921. The first-order valence-corrected chi connectivity index (χ1v) is 10.6. The maximum absolute atomic E-state index is 12.9. The molecule has 28 heavy (non-hydrogen) atoms. The van der Waals surface area contributed by atoms with Crippen LogP contribution in [0.5, 0.6) is 0 Å². The van der Waals surface area contributed by atoms with Crippen LogP contribution in [-0.4, -0.2) is 32.2 Å². The predicted molar refractivity (Wildman–Crippen MR) is 113 cm³/mol. The van der Waals surface area contributed by atoms with Crippen molar-refractivity contribution in [3.8, 4) is 11.1 Å². The normalized spacial score (nSPS) is 14.7. The van der Waals surface area contributed by atoms with Crippen molar-refractivity contribution in [1.82, 2.24) is 5.32 Å². The van der Waals surface area contributed by atoms with E-state index in [-0.39, 0.29) is 5.91 Å². The van der Waals surface area contributed by atoms with Crippen LogP contribution < -0.4 is 10.2 Å². The van der Waals surface area contributed by atoms with E-state index in [1.54, 1.807) is 0 Å². The Hall–Kier alpha value is -2.47. The van der Waals surface area contributed by atoms with Gasteiger partial charge in [-0.1, -0.05) is 54.6 Å². The van der Waals surface area contributed by atoms with Crippen molar-refractivity contribution in [1.29, 1.82) is 0 Å². The molecule has 1 amide bonds. The van der Waals surface area contributed by atoms with Crippen molar-refractivity contribution in [3.63, 3.8) is 0 Å². The maximum atomic E-state index is 12.9. The van der Waals surface area contributed by atoms with Gasteiger partial charge in [0.05, 0.1) is 18.1 Å². The van der Waals surface area contributed by atoms with Gasteiger partial charge in [0.15, 0.2) is 0 Å². The second-order valence-corrected chi connectivity index (χ2v) is 7.94. The number of carbonyl (C=O) groups is 1. The van der Waals surface area contributed by atoms with E-state index in [4.69, 9.17) is 4.74 Å². The van der Waals surface area contributed by atoms with E-state index in [2.05, 4.69) is 23.5 Å². The first kappa shape index (κ1) is 18.9. The molecule has 4 rings (SSSR count). The largest absolute Gasteiger partial charge is 0.370 e. The van der Waals surface area contributed by atoms with Gasteiger partial charge in [0.25, 0.3) is 5.91 Å². The summed E-state index contributed by atoms with van der Waals surface area (Å²) >= 11 is 1.49. The third-order valence-corrected chi connectivity index (χ3v) is 6.07. The van der Waals surface area contributed by atoms with Gasteiger partial charge in [-0.3, -0.25) is 4.79 Å². The number of quaternary nitrogens is 1. The average Bonchev–Trinajstić information content (AvgIpc) is 3.24. The molecule has 0 unspecified atom stereocenters. The summed E-state index contributed by atoms with van der Waals surface area (Å²) in [4.78, 5) is 15.2. The standard InChI is InChI=1S/C23H24N2O2S/c26-23(22-21(10-15-28-22)18-6-2-1-3-7-18)24-16-19-8-4-5-9-20(19)17-25-11-13-27-14-12-25/h1-10,15H,11-14,16-17H2,(H,24,26)/p+1. The van der Waals surface area contributed by atoms with Crippen LogP contribution >= 0.6 is 11.3 Å². The Labute approximate surface area is 169 Å². The molecule has 0 saturated carbocycles. The van der Waals surface area contributed by atoms with Crippen LogP contribution in [0.15, 0.2) is 66.0 Å². The number of amides is 1. The fourth-order valence-corrected chi connectivity index (χ4v) is 4.43. The van der Waals surface area contributed by atoms with Crippen molar-refractivity contribution < 1.29 is 14.4 Å². The number of benzene rings is 2. The lowest BCUT2D eigenvalue weighted by Crippen LogP contribution is -3.12. The first-order chi connectivity index (χ1) is 13.8. The molecule has 2 heterocycles. The summed E-state index contributed by atoms with van der Waals surface area (Å²) in [7, 11) is 0. The molecule has 1 aromatic heterocycles. The van der Waals surface area contributed by atoms with E-state index in [1.807, 2.05) is 47.8 Å². The van der Waals surface area contributed by atoms with E-state index in [9.17, 15) is 4.79 Å². The van der Waals surface area contributed by atoms with Gasteiger partial charge in [-0.25, -0.2) is 0 Å². The van der Waals surface area contributed by atoms with Gasteiger partial charge < -0.3 is 15.0 Å². The summed E-state index contributed by atoms with van der Waals surface area (Å²) in [5.74, 6) is -0.0117. The second-order valence-electron chi connectivity index (χ2n) is 7.02. The Morgan fingerprint density at radius 1 is 0.964 bits per heavy atom. The zero-order valence-electron chi connectivity index (χ0n) is 15.8. The van der Waals surface area contributed by atoms with Crippen molar-refractivity contribution in [2.24, 2.45) is 0 Å². The highest BCUT2D eigenvalue weighted by Crippen LogP contribution is 2.28. The zero-order valence-corrected chi connectivity index (χ0v) is 16.6. The van der Waals surface area contributed by atoms with Crippen LogP contribution in [0.2, 0.25) is 0 Å². The van der Waals surface area contributed by atoms with Gasteiger partial charge in [-0.2, -0.15) is 0 Å². The van der Waals surface area contributed by atoms with E-state index in [1.165, 1.54) is 27.4 Å². The monoisotopic (exact) mass is 393 g/mol. The van der Waals surface area contributed by atoms with Crippen LogP contribution in [0.3, 0.4) is 0 Å². The second kappa shape index (κ2) is 9.15. The molecule has 5 heteroatoms. The third kappa shape index (κ3) is 4.50. The third-order valence-electron chi connectivity index (χ3n) is 5.15. The van der Waals surface area contributed by atoms with Crippen LogP contribution in [0.1, 0.15) is 20.8 Å². The van der Waals surface area contributed by atoms with Gasteiger partial charge >= 0.3 is 0 Å². The SMILES string of the molecule is O=C(NCc1ccccc1C[NH+]1CCOCC1)c1sccc1-c1ccccc1. The Morgan fingerprint density at radius 3 is 2.46 bits per heavy atom. The van der Waals surface area contributed by atoms with Gasteiger partial charge in [0.1, 0.15) is 19.6 Å². The molecule has 2 aromatic carbocycles. The maximum Gasteiger partial charge on any atom is 0.262 e. The molecule has 3 aromatic rings. The highest BCUT2D eigenvalue weighted by atomic mass is 32.1. The van der Waals surface area contributed by atoms with Crippen molar-refractivity contribution in [2.75, 3.05) is 26.3 Å². The van der Waals surface area contributed by atoms with Gasteiger partial charge in [0, 0.05) is 17.7 Å². The van der Waals surface area contributed by atoms with Crippen molar-refractivity contribution in [2.45, 2.75) is 13.1 Å². The minimum absolute atomic E-state index is 0.0117. The summed E-state index contributed by atoms with van der Waals surface area (Å²) in [6.07, 6.45) is 0. The minimum atomic E-state index is -0.0117. The van der Waals surface area contributed by atoms with Gasteiger partial charge in [-0.15, -0.1) is 11.3 Å². The molecule has 0 aliphatic carbocycles. The average molecular weight is 394 g/mol. The fraction of sp³-hybridized carbons (Fsp3) is 0.261. The Bertz CT molecular complexity index is 917. The molecule has 4 nitrogen and oxygen atoms in total. The van der Waals surface area contributed by atoms with E-state index in [0.717, 1.165) is 48.9 Å². The number of carbonyl (C=O) groups excluding carboxylic acids is 1. The highest BCUT2D eigenvalue weighted by Gasteiger charge is 2.17. The molecule has 2 N–H and O–H groups in total. The number of hydrogen-bond donors (Lipinski definition) is 2. The summed E-state index contributed by atoms with van der Waals surface area (Å²) in [5, 5.41) is 5.11. The Morgan fingerprint density at radius 2 is 1.68 bits per heavy atom. The molecule has 0 radical (unpaired) electrons. The number of hydrogen-bond acceptors (Lipinski definition) is 3. The first-order valence-electron chi connectivity index (χ1n) is 9.70. The smallest absolute Gasteiger partial charge is 0.262 e. The van der Waals surface area contributed by atoms with E-state index >= 15 is 0 Å². The van der Waals surface area contributed by atoms with Crippen LogP contribution in [0, 0.1) is 0 Å². The number of nitrogens with one attached hydrogen (secondary N) is 2. The van der Waals surface area contributed by atoms with Crippen LogP contribution in [0.25, 0.3) is 11.1 Å². The van der Waals surface area contributed by atoms with Crippen molar-refractivity contribution >= 4 is 17.2 Å². The molecular weight excluding hydrogens is 368 g/mol. The zero-order chi connectivity index (χ0) is 19.2. The summed E-state index contributed by atoms with van der Waals surface area (Å²) in [6, 6.07) is 20.5. The molecule has 0 spiro atoms. The van der Waals surface area contributed by atoms with Crippen LogP contribution in [-0.2, 0) is 17.8 Å². The summed E-state index contributed by atoms with van der Waals surface area (Å²) in [5.41, 5.74) is 4.56. The van der Waals surface area contributed by atoms with Crippen molar-refractivity contribution in [3.05, 3.63) is 82.0 Å². The topological polar surface area (TPSA) is 42.8 Å². The molecule has 1 aliphatic rings. The van der Waals surface area contributed by atoms with Crippen LogP contribution in [0.4, 0.5) is 0 Å². The van der Waals surface area contributed by atoms with Gasteiger partial charge in [0.2, 0.25) is 0 Å². The van der Waals surface area contributed by atoms with E-state index in [0.29, 0.717) is 6.54 Å². The molecule has 1 saturated heterocycles. The number of morpholine rings is 1. The molecule has 0 atom stereocenters. The fourth-order valence-electron chi connectivity index (χ4n) is 3.59. The molecular formula is C23H25N2O2S+. The molecule has 144 valence electrons. The minimum Gasteiger partial charge on any atom is -0.370 e. The predicted octanol–water partition coefficient (Wildman–Crippen LogP) is 2.76. The lowest BCUT2D eigenvalue weighted by atomic mass is 10.1. The molecule has 1 fully saturated rings. The van der Waals surface area contributed by atoms with Gasteiger partial charge in [-0.05, 0) is 22.6 Å². The molecule has 0 bridgehead atoms.